The molecule has 7 heteroatoms. The van der Waals surface area contributed by atoms with Crippen LogP contribution in [0.4, 0.5) is 0 Å². The Morgan fingerprint density at radius 3 is 2.91 bits per heavy atom. The number of thioether (sulfide) groups is 1. The molecule has 126 valence electrons. The first-order valence-corrected chi connectivity index (χ1v) is 9.79. The van der Waals surface area contributed by atoms with Crippen LogP contribution in [0.3, 0.4) is 0 Å². The van der Waals surface area contributed by atoms with Gasteiger partial charge >= 0.3 is 0 Å². The molecular formula is C15H27IN4S2. The van der Waals surface area contributed by atoms with Gasteiger partial charge in [0.25, 0.3) is 0 Å². The van der Waals surface area contributed by atoms with Crippen molar-refractivity contribution < 1.29 is 0 Å². The first kappa shape index (κ1) is 20.0. The lowest BCUT2D eigenvalue weighted by Crippen LogP contribution is -2.42. The largest absolute Gasteiger partial charge is 0.356 e. The topological polar surface area (TPSA) is 49.3 Å². The fraction of sp³-hybridized carbons (Fsp3) is 0.733. The molecular weight excluding hydrogens is 427 g/mol. The van der Waals surface area contributed by atoms with Gasteiger partial charge in [0, 0.05) is 42.4 Å². The first-order valence-electron chi connectivity index (χ1n) is 7.62. The molecule has 1 aliphatic carbocycles. The van der Waals surface area contributed by atoms with Crippen LogP contribution < -0.4 is 10.6 Å². The summed E-state index contributed by atoms with van der Waals surface area (Å²) in [5, 5.41) is 11.1. The highest BCUT2D eigenvalue weighted by Gasteiger charge is 2.24. The van der Waals surface area contributed by atoms with Crippen molar-refractivity contribution in [2.45, 2.75) is 50.3 Å². The minimum atomic E-state index is 0. The molecule has 0 amide bonds. The molecule has 1 aliphatic rings. The maximum Gasteiger partial charge on any atom is 0.191 e. The Morgan fingerprint density at radius 1 is 1.50 bits per heavy atom. The van der Waals surface area contributed by atoms with Gasteiger partial charge in [0.05, 0.1) is 5.01 Å². The summed E-state index contributed by atoms with van der Waals surface area (Å²) in [6.07, 6.45) is 8.16. The van der Waals surface area contributed by atoms with Gasteiger partial charge in [-0.15, -0.1) is 35.3 Å². The minimum Gasteiger partial charge on any atom is -0.356 e. The molecule has 2 atom stereocenters. The molecule has 0 saturated heterocycles. The van der Waals surface area contributed by atoms with Crippen molar-refractivity contribution in [2.75, 3.05) is 19.8 Å². The quantitative estimate of drug-likeness (QED) is 0.299. The van der Waals surface area contributed by atoms with Gasteiger partial charge in [-0.05, 0) is 38.9 Å². The van der Waals surface area contributed by atoms with E-state index in [0.29, 0.717) is 6.04 Å². The molecule has 2 rings (SSSR count). The molecule has 1 fully saturated rings. The zero-order valence-electron chi connectivity index (χ0n) is 13.6. The summed E-state index contributed by atoms with van der Waals surface area (Å²) in [6.45, 7) is 2.99. The summed E-state index contributed by atoms with van der Waals surface area (Å²) < 4.78 is 0. The Bertz CT molecular complexity index is 464. The second-order valence-electron chi connectivity index (χ2n) is 5.50. The van der Waals surface area contributed by atoms with Crippen molar-refractivity contribution >= 4 is 53.0 Å². The molecule has 0 spiro atoms. The Labute approximate surface area is 159 Å². The van der Waals surface area contributed by atoms with Crippen LogP contribution in [0.5, 0.6) is 0 Å². The molecule has 0 radical (unpaired) electrons. The third kappa shape index (κ3) is 6.62. The smallest absolute Gasteiger partial charge is 0.191 e. The van der Waals surface area contributed by atoms with E-state index in [4.69, 9.17) is 0 Å². The lowest BCUT2D eigenvalue weighted by molar-refractivity contribution is 0.611. The second kappa shape index (κ2) is 10.7. The fourth-order valence-corrected chi connectivity index (χ4v) is 4.25. The zero-order chi connectivity index (χ0) is 15.1. The average Bonchev–Trinajstić information content (AvgIpc) is 3.11. The number of nitrogens with one attached hydrogen (secondary N) is 2. The van der Waals surface area contributed by atoms with E-state index in [-0.39, 0.29) is 24.0 Å². The van der Waals surface area contributed by atoms with Crippen LogP contribution in [-0.2, 0) is 6.42 Å². The average molecular weight is 454 g/mol. The maximum atomic E-state index is 4.49. The van der Waals surface area contributed by atoms with Crippen molar-refractivity contribution in [3.63, 3.8) is 0 Å². The van der Waals surface area contributed by atoms with E-state index in [2.05, 4.69) is 32.2 Å². The molecule has 1 heterocycles. The summed E-state index contributed by atoms with van der Waals surface area (Å²) in [4.78, 5) is 8.82. The van der Waals surface area contributed by atoms with E-state index in [0.717, 1.165) is 36.3 Å². The Morgan fingerprint density at radius 2 is 2.32 bits per heavy atom. The lowest BCUT2D eigenvalue weighted by Gasteiger charge is -2.17. The molecule has 1 saturated carbocycles. The number of thiazole rings is 1. The van der Waals surface area contributed by atoms with E-state index in [9.17, 15) is 0 Å². The Kier molecular flexibility index (Phi) is 9.74. The molecule has 1 aromatic rings. The summed E-state index contributed by atoms with van der Waals surface area (Å²) in [5.41, 5.74) is 1.13. The number of hydrogen-bond donors (Lipinski definition) is 2. The van der Waals surface area contributed by atoms with Crippen LogP contribution in [0.2, 0.25) is 0 Å². The number of aromatic nitrogens is 1. The molecule has 0 aliphatic heterocycles. The van der Waals surface area contributed by atoms with Gasteiger partial charge in [0.15, 0.2) is 5.96 Å². The van der Waals surface area contributed by atoms with E-state index in [1.165, 1.54) is 24.3 Å². The second-order valence-corrected chi connectivity index (χ2v) is 7.58. The molecule has 0 aromatic carbocycles. The van der Waals surface area contributed by atoms with Crippen LogP contribution in [0.25, 0.3) is 0 Å². The number of guanidine groups is 1. The van der Waals surface area contributed by atoms with E-state index < -0.39 is 0 Å². The molecule has 4 nitrogen and oxygen atoms in total. The molecule has 2 N–H and O–H groups in total. The number of nitrogens with zero attached hydrogens (tertiary/aromatic N) is 2. The van der Waals surface area contributed by atoms with Gasteiger partial charge in [-0.3, -0.25) is 4.99 Å². The Balaban J connectivity index is 0.00000242. The molecule has 2 unspecified atom stereocenters. The fourth-order valence-electron chi connectivity index (χ4n) is 2.64. The Hall–Kier alpha value is -0.0200. The van der Waals surface area contributed by atoms with Crippen molar-refractivity contribution in [3.05, 3.63) is 16.1 Å². The van der Waals surface area contributed by atoms with Crippen molar-refractivity contribution in [2.24, 2.45) is 4.99 Å². The van der Waals surface area contributed by atoms with Crippen molar-refractivity contribution in [1.29, 1.82) is 0 Å². The van der Waals surface area contributed by atoms with Crippen molar-refractivity contribution in [3.8, 4) is 0 Å². The number of aliphatic imine (C=N–C) groups is 1. The molecule has 1 aromatic heterocycles. The lowest BCUT2D eigenvalue weighted by atomic mass is 10.2. The van der Waals surface area contributed by atoms with Crippen LogP contribution >= 0.6 is 47.1 Å². The summed E-state index contributed by atoms with van der Waals surface area (Å²) in [6, 6.07) is 0.579. The highest BCUT2D eigenvalue weighted by Crippen LogP contribution is 2.27. The highest BCUT2D eigenvalue weighted by molar-refractivity contribution is 14.0. The third-order valence-corrected chi connectivity index (χ3v) is 5.93. The van der Waals surface area contributed by atoms with Gasteiger partial charge in [-0.25, -0.2) is 4.98 Å². The van der Waals surface area contributed by atoms with Crippen LogP contribution in [0, 0.1) is 6.92 Å². The monoisotopic (exact) mass is 454 g/mol. The number of aryl methyl sites for hydroxylation is 2. The summed E-state index contributed by atoms with van der Waals surface area (Å²) in [7, 11) is 1.85. The van der Waals surface area contributed by atoms with Gasteiger partial charge in [0.2, 0.25) is 0 Å². The van der Waals surface area contributed by atoms with E-state index in [1.54, 1.807) is 11.3 Å². The standard InChI is InChI=1S/C15H26N4S2.HI/c1-11-10-21-14(18-11)5-4-8-17-15(16-2)19-12-6-7-13(9-12)20-3;/h10,12-13H,4-9H2,1-3H3,(H2,16,17,19);1H. The number of rotatable bonds is 6. The van der Waals surface area contributed by atoms with E-state index >= 15 is 0 Å². The maximum absolute atomic E-state index is 4.49. The number of hydrogen-bond acceptors (Lipinski definition) is 4. The summed E-state index contributed by atoms with van der Waals surface area (Å²) >= 11 is 3.74. The molecule has 22 heavy (non-hydrogen) atoms. The van der Waals surface area contributed by atoms with E-state index in [1.807, 2.05) is 25.7 Å². The summed E-state index contributed by atoms with van der Waals surface area (Å²) in [5.74, 6) is 0.942. The first-order chi connectivity index (χ1) is 10.2. The normalized spacial score (nSPS) is 21.5. The minimum absolute atomic E-state index is 0. The van der Waals surface area contributed by atoms with Gasteiger partial charge < -0.3 is 10.6 Å². The van der Waals surface area contributed by atoms with Crippen molar-refractivity contribution in [1.82, 2.24) is 15.6 Å². The van der Waals surface area contributed by atoms with Crippen LogP contribution in [0.1, 0.15) is 36.4 Å². The highest BCUT2D eigenvalue weighted by atomic mass is 127. The van der Waals surface area contributed by atoms with Gasteiger partial charge in [-0.2, -0.15) is 11.8 Å². The van der Waals surface area contributed by atoms with Gasteiger partial charge in [-0.1, -0.05) is 0 Å². The SMILES string of the molecule is CN=C(NCCCc1nc(C)cs1)NC1CCC(SC)C1.I. The van der Waals surface area contributed by atoms with Crippen LogP contribution in [-0.4, -0.2) is 42.1 Å². The van der Waals surface area contributed by atoms with Gasteiger partial charge in [0.1, 0.15) is 0 Å². The predicted octanol–water partition coefficient (Wildman–Crippen LogP) is 3.45. The van der Waals surface area contributed by atoms with Crippen LogP contribution in [0.15, 0.2) is 10.4 Å². The zero-order valence-corrected chi connectivity index (χ0v) is 17.6. The number of halogens is 1. The predicted molar refractivity (Wildman–Crippen MR) is 110 cm³/mol. The third-order valence-electron chi connectivity index (χ3n) is 3.81. The molecule has 0 bridgehead atoms.